The van der Waals surface area contributed by atoms with E-state index < -0.39 is 8.32 Å². The Hall–Kier alpha value is -0.503. The Bertz CT molecular complexity index is 295. The van der Waals surface area contributed by atoms with Crippen LogP contribution < -0.4 is 0 Å². The van der Waals surface area contributed by atoms with Gasteiger partial charge in [0, 0.05) is 6.42 Å². The van der Waals surface area contributed by atoms with E-state index in [2.05, 4.69) is 52.1 Å². The van der Waals surface area contributed by atoms with Crippen molar-refractivity contribution in [3.05, 3.63) is 24.0 Å². The molecular formula is C15H28OSi. The lowest BCUT2D eigenvalue weighted by molar-refractivity contribution is 0.362. The molecule has 0 unspecified atom stereocenters. The summed E-state index contributed by atoms with van der Waals surface area (Å²) in [4.78, 5) is 0. The first-order chi connectivity index (χ1) is 7.83. The first-order valence-electron chi connectivity index (χ1n) is 6.86. The predicted molar refractivity (Wildman–Crippen MR) is 78.6 cm³/mol. The topological polar surface area (TPSA) is 9.23 Å². The van der Waals surface area contributed by atoms with Crippen LogP contribution in [0.15, 0.2) is 24.0 Å². The van der Waals surface area contributed by atoms with Crippen molar-refractivity contribution in [3.8, 4) is 0 Å². The van der Waals surface area contributed by atoms with E-state index in [1.54, 1.807) is 0 Å². The molecule has 0 heterocycles. The smallest absolute Gasteiger partial charge is 0.250 e. The number of hydrogen-bond donors (Lipinski definition) is 0. The van der Waals surface area contributed by atoms with Crippen molar-refractivity contribution in [2.45, 2.75) is 71.0 Å². The maximum atomic E-state index is 6.41. The lowest BCUT2D eigenvalue weighted by atomic mass is 10.2. The van der Waals surface area contributed by atoms with Gasteiger partial charge in [0.15, 0.2) is 0 Å². The third-order valence-corrected chi connectivity index (χ3v) is 8.24. The van der Waals surface area contributed by atoms with Gasteiger partial charge in [-0.2, -0.15) is 0 Å². The lowest BCUT2D eigenvalue weighted by Gasteiger charge is -2.37. The minimum absolute atomic E-state index is 0.296. The summed E-state index contributed by atoms with van der Waals surface area (Å²) >= 11 is 0. The largest absolute Gasteiger partial charge is 0.547 e. The van der Waals surface area contributed by atoms with Crippen molar-refractivity contribution in [1.29, 1.82) is 0 Å². The Morgan fingerprint density at radius 1 is 1.06 bits per heavy atom. The molecule has 0 radical (unpaired) electrons. The standard InChI is InChI=1S/C15H28OSi/c1-15(2,3)17(4,5)16-14-12-10-8-6-7-9-11-13-14/h6-7,12H,8-11,13H2,1-5H3/b7-6-,14-12+. The monoisotopic (exact) mass is 252 g/mol. The van der Waals surface area contributed by atoms with Gasteiger partial charge in [0.05, 0.1) is 5.76 Å². The van der Waals surface area contributed by atoms with Gasteiger partial charge in [0.2, 0.25) is 8.32 Å². The second-order valence-electron chi connectivity index (χ2n) is 6.47. The molecular weight excluding hydrogens is 224 g/mol. The number of hydrogen-bond acceptors (Lipinski definition) is 1. The van der Waals surface area contributed by atoms with Crippen LogP contribution >= 0.6 is 0 Å². The van der Waals surface area contributed by atoms with Crippen molar-refractivity contribution < 1.29 is 4.43 Å². The van der Waals surface area contributed by atoms with Crippen molar-refractivity contribution in [3.63, 3.8) is 0 Å². The Labute approximate surface area is 108 Å². The highest BCUT2D eigenvalue weighted by atomic mass is 28.4. The molecule has 0 N–H and O–H groups in total. The second-order valence-corrected chi connectivity index (χ2v) is 11.2. The fourth-order valence-corrected chi connectivity index (χ4v) is 2.79. The second kappa shape index (κ2) is 5.90. The highest BCUT2D eigenvalue weighted by molar-refractivity contribution is 6.74. The van der Waals surface area contributed by atoms with Crippen molar-refractivity contribution in [2.75, 3.05) is 0 Å². The molecule has 17 heavy (non-hydrogen) atoms. The zero-order valence-electron chi connectivity index (χ0n) is 12.2. The van der Waals surface area contributed by atoms with E-state index in [4.69, 9.17) is 4.43 Å². The summed E-state index contributed by atoms with van der Waals surface area (Å²) in [5.41, 5.74) is 0. The third-order valence-electron chi connectivity index (χ3n) is 3.86. The summed E-state index contributed by atoms with van der Waals surface area (Å²) in [6.45, 7) is 11.6. The third kappa shape index (κ3) is 4.70. The van der Waals surface area contributed by atoms with Gasteiger partial charge in [-0.1, -0.05) is 32.9 Å². The SMILES string of the molecule is CC(C)(C)[Si](C)(C)O/C1=C/CC/C=C\CCC1. The molecule has 0 saturated carbocycles. The highest BCUT2D eigenvalue weighted by Crippen LogP contribution is 2.38. The molecule has 0 bridgehead atoms. The van der Waals surface area contributed by atoms with Gasteiger partial charge in [0.1, 0.15) is 0 Å². The van der Waals surface area contributed by atoms with Crippen molar-refractivity contribution in [2.24, 2.45) is 0 Å². The lowest BCUT2D eigenvalue weighted by Crippen LogP contribution is -2.40. The van der Waals surface area contributed by atoms with E-state index in [1.807, 2.05) is 0 Å². The molecule has 0 aromatic heterocycles. The molecule has 0 amide bonds. The molecule has 1 rings (SSSR count). The fraction of sp³-hybridized carbons (Fsp3) is 0.733. The van der Waals surface area contributed by atoms with Gasteiger partial charge in [-0.05, 0) is 49.9 Å². The van der Waals surface area contributed by atoms with Crippen LogP contribution in [-0.4, -0.2) is 8.32 Å². The van der Waals surface area contributed by atoms with Crippen LogP contribution in [0.4, 0.5) is 0 Å². The fourth-order valence-electron chi connectivity index (χ4n) is 1.65. The molecule has 0 aromatic carbocycles. The average molecular weight is 252 g/mol. The molecule has 1 aliphatic rings. The Morgan fingerprint density at radius 3 is 2.35 bits per heavy atom. The number of allylic oxidation sites excluding steroid dienone is 4. The summed E-state index contributed by atoms with van der Waals surface area (Å²) in [5.74, 6) is 1.25. The van der Waals surface area contributed by atoms with E-state index >= 15 is 0 Å². The predicted octanol–water partition coefficient (Wildman–Crippen LogP) is 5.41. The molecule has 1 nitrogen and oxygen atoms in total. The molecule has 0 spiro atoms. The molecule has 1 aliphatic carbocycles. The van der Waals surface area contributed by atoms with Crippen LogP contribution in [0.3, 0.4) is 0 Å². The van der Waals surface area contributed by atoms with Gasteiger partial charge < -0.3 is 4.43 Å². The van der Waals surface area contributed by atoms with Gasteiger partial charge in [-0.3, -0.25) is 0 Å². The van der Waals surface area contributed by atoms with E-state index in [1.165, 1.54) is 18.6 Å². The summed E-state index contributed by atoms with van der Waals surface area (Å²) in [5, 5.41) is 0.296. The van der Waals surface area contributed by atoms with Crippen LogP contribution in [0.25, 0.3) is 0 Å². The number of rotatable bonds is 2. The molecule has 0 aromatic rings. The van der Waals surface area contributed by atoms with Gasteiger partial charge in [-0.25, -0.2) is 0 Å². The highest BCUT2D eigenvalue weighted by Gasteiger charge is 2.39. The Kier molecular flexibility index (Phi) is 5.05. The van der Waals surface area contributed by atoms with E-state index in [9.17, 15) is 0 Å². The Balaban J connectivity index is 2.66. The summed E-state index contributed by atoms with van der Waals surface area (Å²) in [6, 6.07) is 0. The molecule has 98 valence electrons. The minimum atomic E-state index is -1.64. The van der Waals surface area contributed by atoms with E-state index in [-0.39, 0.29) is 0 Å². The quantitative estimate of drug-likeness (QED) is 0.471. The van der Waals surface area contributed by atoms with Crippen molar-refractivity contribution >= 4 is 8.32 Å². The van der Waals surface area contributed by atoms with Crippen molar-refractivity contribution in [1.82, 2.24) is 0 Å². The molecule has 0 fully saturated rings. The van der Waals surface area contributed by atoms with E-state index in [0.29, 0.717) is 5.04 Å². The van der Waals surface area contributed by atoms with Crippen LogP contribution in [0.1, 0.15) is 52.9 Å². The van der Waals surface area contributed by atoms with Crippen LogP contribution in [0.5, 0.6) is 0 Å². The summed E-state index contributed by atoms with van der Waals surface area (Å²) in [6.07, 6.45) is 12.7. The van der Waals surface area contributed by atoms with Crippen LogP contribution in [0, 0.1) is 0 Å². The molecule has 0 aliphatic heterocycles. The average Bonchev–Trinajstić information content (AvgIpc) is 2.29. The Morgan fingerprint density at radius 2 is 1.71 bits per heavy atom. The first-order valence-corrected chi connectivity index (χ1v) is 9.77. The van der Waals surface area contributed by atoms with Gasteiger partial charge in [0.25, 0.3) is 0 Å². The first kappa shape index (κ1) is 14.6. The van der Waals surface area contributed by atoms with Gasteiger partial charge in [-0.15, -0.1) is 0 Å². The summed E-state index contributed by atoms with van der Waals surface area (Å²) < 4.78 is 6.41. The zero-order chi connectivity index (χ0) is 12.9. The molecule has 0 saturated heterocycles. The maximum absolute atomic E-state index is 6.41. The van der Waals surface area contributed by atoms with Crippen LogP contribution in [-0.2, 0) is 4.43 Å². The molecule has 2 heteroatoms. The normalized spacial score (nSPS) is 23.9. The molecule has 0 atom stereocenters. The zero-order valence-corrected chi connectivity index (χ0v) is 13.2. The van der Waals surface area contributed by atoms with Crippen LogP contribution in [0.2, 0.25) is 18.1 Å². The minimum Gasteiger partial charge on any atom is -0.547 e. The van der Waals surface area contributed by atoms with Gasteiger partial charge >= 0.3 is 0 Å². The summed E-state index contributed by atoms with van der Waals surface area (Å²) in [7, 11) is -1.64. The maximum Gasteiger partial charge on any atom is 0.250 e. The van der Waals surface area contributed by atoms with E-state index in [0.717, 1.165) is 19.3 Å².